The molecule has 0 nitrogen and oxygen atoms in total. The molecule has 0 spiro atoms. The van der Waals surface area contributed by atoms with Crippen molar-refractivity contribution in [2.45, 2.75) is 40.0 Å². The van der Waals surface area contributed by atoms with Crippen molar-refractivity contribution >= 4 is 6.08 Å². The second-order valence-corrected chi connectivity index (χ2v) is 4.76. The summed E-state index contributed by atoms with van der Waals surface area (Å²) in [7, 11) is 0. The van der Waals surface area contributed by atoms with Crippen LogP contribution >= 0.6 is 0 Å². The van der Waals surface area contributed by atoms with Crippen LogP contribution in [-0.4, -0.2) is 0 Å². The van der Waals surface area contributed by atoms with Gasteiger partial charge < -0.3 is 0 Å². The van der Waals surface area contributed by atoms with Crippen LogP contribution in [0.4, 0.5) is 0 Å². The molecule has 0 saturated carbocycles. The highest BCUT2D eigenvalue weighted by Gasteiger charge is 2.12. The summed E-state index contributed by atoms with van der Waals surface area (Å²) in [6.45, 7) is 6.80. The first-order valence-corrected chi connectivity index (χ1v) is 6.03. The van der Waals surface area contributed by atoms with Crippen LogP contribution in [-0.2, 0) is 12.8 Å². The maximum atomic E-state index is 2.41. The Morgan fingerprint density at radius 2 is 2.00 bits per heavy atom. The van der Waals surface area contributed by atoms with Crippen molar-refractivity contribution in [3.63, 3.8) is 0 Å². The SMILES string of the molecule is CCc1ccc2c(c1)C=C(C(C)C)CC2. The first kappa shape index (κ1) is 10.5. The standard InChI is InChI=1S/C15H20/c1-4-12-5-6-13-7-8-14(11(2)3)10-15(13)9-12/h5-6,9-11H,4,7-8H2,1-3H3. The zero-order valence-corrected chi connectivity index (χ0v) is 10.0. The van der Waals surface area contributed by atoms with E-state index in [0.717, 1.165) is 6.42 Å². The van der Waals surface area contributed by atoms with Gasteiger partial charge in [-0.25, -0.2) is 0 Å². The summed E-state index contributed by atoms with van der Waals surface area (Å²) in [4.78, 5) is 0. The predicted molar refractivity (Wildman–Crippen MR) is 67.0 cm³/mol. The molecule has 2 rings (SSSR count). The molecule has 0 heteroatoms. The number of benzene rings is 1. The monoisotopic (exact) mass is 200 g/mol. The minimum atomic E-state index is 0.698. The fourth-order valence-electron chi connectivity index (χ4n) is 2.23. The van der Waals surface area contributed by atoms with Gasteiger partial charge in [0, 0.05) is 0 Å². The number of allylic oxidation sites excluding steroid dienone is 1. The molecule has 0 aliphatic heterocycles. The lowest BCUT2D eigenvalue weighted by molar-refractivity contribution is 0.709. The van der Waals surface area contributed by atoms with Crippen molar-refractivity contribution in [2.24, 2.45) is 5.92 Å². The Morgan fingerprint density at radius 3 is 2.67 bits per heavy atom. The fourth-order valence-corrected chi connectivity index (χ4v) is 2.23. The second-order valence-electron chi connectivity index (χ2n) is 4.76. The van der Waals surface area contributed by atoms with Gasteiger partial charge in [0.25, 0.3) is 0 Å². The molecule has 0 radical (unpaired) electrons. The Kier molecular flexibility index (Phi) is 2.95. The normalized spacial score (nSPS) is 15.1. The number of hydrogen-bond acceptors (Lipinski definition) is 0. The van der Waals surface area contributed by atoms with Gasteiger partial charge in [-0.05, 0) is 41.9 Å². The quantitative estimate of drug-likeness (QED) is 0.670. The van der Waals surface area contributed by atoms with Gasteiger partial charge in [-0.2, -0.15) is 0 Å². The van der Waals surface area contributed by atoms with Gasteiger partial charge in [-0.3, -0.25) is 0 Å². The molecule has 0 heterocycles. The molecule has 15 heavy (non-hydrogen) atoms. The van der Waals surface area contributed by atoms with Crippen LogP contribution in [0.15, 0.2) is 23.8 Å². The largest absolute Gasteiger partial charge is 0.0667 e. The molecule has 0 saturated heterocycles. The van der Waals surface area contributed by atoms with E-state index in [4.69, 9.17) is 0 Å². The summed E-state index contributed by atoms with van der Waals surface area (Å²) < 4.78 is 0. The summed E-state index contributed by atoms with van der Waals surface area (Å²) in [5.74, 6) is 0.698. The average Bonchev–Trinajstić information content (AvgIpc) is 2.27. The number of hydrogen-bond donors (Lipinski definition) is 0. The molecule has 1 aromatic rings. The number of fused-ring (bicyclic) bond motifs is 1. The highest BCUT2D eigenvalue weighted by Crippen LogP contribution is 2.28. The summed E-state index contributed by atoms with van der Waals surface area (Å²) in [5.41, 5.74) is 6.05. The molecule has 0 aromatic heterocycles. The fraction of sp³-hybridized carbons (Fsp3) is 0.467. The van der Waals surface area contributed by atoms with E-state index in [9.17, 15) is 0 Å². The molecule has 0 fully saturated rings. The molecule has 1 aromatic carbocycles. The Bertz CT molecular complexity index is 383. The van der Waals surface area contributed by atoms with Crippen LogP contribution in [0.2, 0.25) is 0 Å². The molecular formula is C15H20. The van der Waals surface area contributed by atoms with Gasteiger partial charge in [-0.1, -0.05) is 50.6 Å². The maximum absolute atomic E-state index is 2.41. The van der Waals surface area contributed by atoms with Crippen molar-refractivity contribution in [1.29, 1.82) is 0 Å². The first-order chi connectivity index (χ1) is 7.20. The zero-order chi connectivity index (χ0) is 10.8. The van der Waals surface area contributed by atoms with E-state index in [1.54, 1.807) is 5.57 Å². The van der Waals surface area contributed by atoms with Gasteiger partial charge in [0.05, 0.1) is 0 Å². The summed E-state index contributed by atoms with van der Waals surface area (Å²) >= 11 is 0. The predicted octanol–water partition coefficient (Wildman–Crippen LogP) is 4.23. The van der Waals surface area contributed by atoms with Gasteiger partial charge in [0.15, 0.2) is 0 Å². The van der Waals surface area contributed by atoms with Crippen LogP contribution in [0.5, 0.6) is 0 Å². The smallest absolute Gasteiger partial charge is 0.0222 e. The lowest BCUT2D eigenvalue weighted by atomic mass is 9.86. The molecule has 0 amide bonds. The van der Waals surface area contributed by atoms with Crippen molar-refractivity contribution < 1.29 is 0 Å². The maximum Gasteiger partial charge on any atom is -0.0222 e. The topological polar surface area (TPSA) is 0 Å². The van der Waals surface area contributed by atoms with Crippen LogP contribution < -0.4 is 0 Å². The summed E-state index contributed by atoms with van der Waals surface area (Å²) in [6.07, 6.45) is 6.01. The van der Waals surface area contributed by atoms with Crippen molar-refractivity contribution in [3.8, 4) is 0 Å². The van der Waals surface area contributed by atoms with E-state index in [2.05, 4.69) is 45.0 Å². The van der Waals surface area contributed by atoms with Crippen molar-refractivity contribution in [2.75, 3.05) is 0 Å². The Morgan fingerprint density at radius 1 is 1.20 bits per heavy atom. The van der Waals surface area contributed by atoms with Gasteiger partial charge >= 0.3 is 0 Å². The molecule has 1 aliphatic carbocycles. The average molecular weight is 200 g/mol. The van der Waals surface area contributed by atoms with Crippen LogP contribution in [0.25, 0.3) is 6.08 Å². The summed E-state index contributed by atoms with van der Waals surface area (Å²) in [5, 5.41) is 0. The van der Waals surface area contributed by atoms with Crippen LogP contribution in [0.1, 0.15) is 43.9 Å². The van der Waals surface area contributed by atoms with Gasteiger partial charge in [-0.15, -0.1) is 0 Å². The number of aryl methyl sites for hydroxylation is 2. The van der Waals surface area contributed by atoms with Crippen molar-refractivity contribution in [1.82, 2.24) is 0 Å². The molecule has 0 atom stereocenters. The Balaban J connectivity index is 2.39. The molecule has 1 aliphatic rings. The highest BCUT2D eigenvalue weighted by molar-refractivity contribution is 5.60. The highest BCUT2D eigenvalue weighted by atomic mass is 14.2. The van der Waals surface area contributed by atoms with E-state index >= 15 is 0 Å². The van der Waals surface area contributed by atoms with Gasteiger partial charge in [0.2, 0.25) is 0 Å². The van der Waals surface area contributed by atoms with E-state index < -0.39 is 0 Å². The van der Waals surface area contributed by atoms with E-state index in [1.165, 1.54) is 29.5 Å². The van der Waals surface area contributed by atoms with Crippen LogP contribution in [0.3, 0.4) is 0 Å². The third kappa shape index (κ3) is 2.14. The minimum Gasteiger partial charge on any atom is -0.0667 e. The van der Waals surface area contributed by atoms with Gasteiger partial charge in [0.1, 0.15) is 0 Å². The third-order valence-electron chi connectivity index (χ3n) is 3.38. The lowest BCUT2D eigenvalue weighted by Crippen LogP contribution is -2.04. The van der Waals surface area contributed by atoms with E-state index in [-0.39, 0.29) is 0 Å². The molecule has 80 valence electrons. The van der Waals surface area contributed by atoms with Crippen LogP contribution in [0, 0.1) is 5.92 Å². The molecule has 0 bridgehead atoms. The third-order valence-corrected chi connectivity index (χ3v) is 3.38. The molecule has 0 N–H and O–H groups in total. The van der Waals surface area contributed by atoms with E-state index in [0.29, 0.717) is 5.92 Å². The van der Waals surface area contributed by atoms with Crippen molar-refractivity contribution in [3.05, 3.63) is 40.5 Å². The van der Waals surface area contributed by atoms with E-state index in [1.807, 2.05) is 0 Å². The Hall–Kier alpha value is -1.04. The number of rotatable bonds is 2. The molecular weight excluding hydrogens is 180 g/mol. The first-order valence-electron chi connectivity index (χ1n) is 6.03. The lowest BCUT2D eigenvalue weighted by Gasteiger charge is -2.19. The second kappa shape index (κ2) is 4.22. The summed E-state index contributed by atoms with van der Waals surface area (Å²) in [6, 6.07) is 6.94. The minimum absolute atomic E-state index is 0.698. The zero-order valence-electron chi connectivity index (χ0n) is 10.0. The molecule has 0 unspecified atom stereocenters. The Labute approximate surface area is 93.0 Å².